The number of nitrogens with one attached hydrogen (secondary N) is 1. The zero-order chi connectivity index (χ0) is 15.6. The number of aliphatic carboxylic acids is 1. The number of carbonyl (C=O) groups excluding carboxylic acids is 2. The maximum absolute atomic E-state index is 12.5. The van der Waals surface area contributed by atoms with Gasteiger partial charge in [-0.1, -0.05) is 0 Å². The van der Waals surface area contributed by atoms with E-state index >= 15 is 0 Å². The Hall–Kier alpha value is -1.83. The van der Waals surface area contributed by atoms with Crippen LogP contribution in [0.1, 0.15) is 26.2 Å². The predicted molar refractivity (Wildman–Crippen MR) is 72.6 cm³/mol. The fourth-order valence-corrected chi connectivity index (χ4v) is 2.67. The van der Waals surface area contributed by atoms with Crippen molar-refractivity contribution >= 4 is 17.9 Å². The van der Waals surface area contributed by atoms with E-state index in [9.17, 15) is 19.5 Å². The first kappa shape index (κ1) is 15.6. The third-order valence-electron chi connectivity index (χ3n) is 4.06. The molecule has 2 saturated heterocycles. The van der Waals surface area contributed by atoms with Crippen molar-refractivity contribution in [3.05, 3.63) is 0 Å². The van der Waals surface area contributed by atoms with Crippen LogP contribution in [0.3, 0.4) is 0 Å². The summed E-state index contributed by atoms with van der Waals surface area (Å²) in [6, 6.07) is -1.29. The molecule has 1 atom stereocenters. The predicted octanol–water partition coefficient (Wildman–Crippen LogP) is -0.772. The molecule has 0 aromatic heterocycles. The van der Waals surface area contributed by atoms with E-state index in [0.717, 1.165) is 0 Å². The molecule has 2 fully saturated rings. The molecule has 2 heterocycles. The molecule has 3 N–H and O–H groups in total. The smallest absolute Gasteiger partial charge is 0.320 e. The van der Waals surface area contributed by atoms with E-state index in [-0.39, 0.29) is 6.03 Å². The average Bonchev–Trinajstić information content (AvgIpc) is 2.40. The van der Waals surface area contributed by atoms with Crippen molar-refractivity contribution in [3.63, 3.8) is 0 Å². The fourth-order valence-electron chi connectivity index (χ4n) is 2.67. The number of carbonyl (C=O) groups is 3. The zero-order valence-corrected chi connectivity index (χ0v) is 12.0. The highest BCUT2D eigenvalue weighted by Gasteiger charge is 2.38. The number of amides is 3. The van der Waals surface area contributed by atoms with Crippen molar-refractivity contribution in [2.24, 2.45) is 0 Å². The summed E-state index contributed by atoms with van der Waals surface area (Å²) in [6.45, 7) is 3.17. The maximum Gasteiger partial charge on any atom is 0.320 e. The van der Waals surface area contributed by atoms with Crippen LogP contribution < -0.4 is 5.32 Å². The van der Waals surface area contributed by atoms with Gasteiger partial charge in [0.1, 0.15) is 6.04 Å². The molecule has 8 heteroatoms. The highest BCUT2D eigenvalue weighted by molar-refractivity contribution is 5.91. The van der Waals surface area contributed by atoms with Gasteiger partial charge in [0.2, 0.25) is 5.91 Å². The van der Waals surface area contributed by atoms with Crippen LogP contribution in [0, 0.1) is 0 Å². The Balaban J connectivity index is 2.05. The summed E-state index contributed by atoms with van der Waals surface area (Å²) in [6.07, 6.45) is 0.549. The van der Waals surface area contributed by atoms with Gasteiger partial charge in [0.15, 0.2) is 0 Å². The SMILES string of the molecule is CC1(O)CCN(C(=O)N2CCNC(=O)C2CC(=O)O)CC1. The summed E-state index contributed by atoms with van der Waals surface area (Å²) in [5, 5.41) is 21.4. The van der Waals surface area contributed by atoms with Crippen LogP contribution in [0.5, 0.6) is 0 Å². The third kappa shape index (κ3) is 3.63. The number of hydrogen-bond acceptors (Lipinski definition) is 4. The quantitative estimate of drug-likeness (QED) is 0.620. The summed E-state index contributed by atoms with van der Waals surface area (Å²) < 4.78 is 0. The molecular formula is C13H21N3O5. The van der Waals surface area contributed by atoms with E-state index in [1.54, 1.807) is 11.8 Å². The minimum atomic E-state index is -1.11. The summed E-state index contributed by atoms with van der Waals surface area (Å²) in [5.41, 5.74) is -0.767. The molecule has 0 aromatic carbocycles. The van der Waals surface area contributed by atoms with Gasteiger partial charge in [0.25, 0.3) is 0 Å². The lowest BCUT2D eigenvalue weighted by Crippen LogP contribution is -2.61. The first-order chi connectivity index (χ1) is 9.80. The van der Waals surface area contributed by atoms with Crippen LogP contribution in [0.2, 0.25) is 0 Å². The monoisotopic (exact) mass is 299 g/mol. The van der Waals surface area contributed by atoms with Gasteiger partial charge in [-0.15, -0.1) is 0 Å². The minimum Gasteiger partial charge on any atom is -0.481 e. The number of urea groups is 1. The molecule has 0 aliphatic carbocycles. The number of carboxylic acid groups (broad SMARTS) is 1. The summed E-state index contributed by atoms with van der Waals surface area (Å²) in [4.78, 5) is 38.1. The van der Waals surface area contributed by atoms with Gasteiger partial charge in [0, 0.05) is 26.2 Å². The van der Waals surface area contributed by atoms with Crippen LogP contribution in [0.15, 0.2) is 0 Å². The van der Waals surface area contributed by atoms with Crippen molar-refractivity contribution in [2.45, 2.75) is 37.8 Å². The van der Waals surface area contributed by atoms with Crippen molar-refractivity contribution in [1.29, 1.82) is 0 Å². The Morgan fingerprint density at radius 2 is 1.95 bits per heavy atom. The van der Waals surface area contributed by atoms with Crippen LogP contribution in [-0.2, 0) is 9.59 Å². The summed E-state index contributed by atoms with van der Waals surface area (Å²) in [7, 11) is 0. The third-order valence-corrected chi connectivity index (χ3v) is 4.06. The Kier molecular flexibility index (Phi) is 4.36. The van der Waals surface area contributed by atoms with Crippen LogP contribution in [0.4, 0.5) is 4.79 Å². The number of aliphatic hydroxyl groups is 1. The molecule has 2 aliphatic heterocycles. The summed E-state index contributed by atoms with van der Waals surface area (Å²) >= 11 is 0. The topological polar surface area (TPSA) is 110 Å². The van der Waals surface area contributed by atoms with Gasteiger partial charge < -0.3 is 25.3 Å². The Labute approximate surface area is 122 Å². The Morgan fingerprint density at radius 3 is 2.52 bits per heavy atom. The molecule has 0 saturated carbocycles. The molecule has 1 unspecified atom stereocenters. The summed E-state index contributed by atoms with van der Waals surface area (Å²) in [5.74, 6) is -1.54. The first-order valence-electron chi connectivity index (χ1n) is 7.07. The second kappa shape index (κ2) is 5.88. The lowest BCUT2D eigenvalue weighted by molar-refractivity contribution is -0.142. The molecule has 0 aromatic rings. The second-order valence-electron chi connectivity index (χ2n) is 5.86. The van der Waals surface area contributed by atoms with Gasteiger partial charge in [-0.2, -0.15) is 0 Å². The maximum atomic E-state index is 12.5. The molecule has 118 valence electrons. The van der Waals surface area contributed by atoms with Gasteiger partial charge in [0.05, 0.1) is 12.0 Å². The minimum absolute atomic E-state index is 0.301. The number of carboxylic acids is 1. The standard InChI is InChI=1S/C13H21N3O5/c1-13(21)2-5-15(6-3-13)12(20)16-7-4-14-11(19)9(16)8-10(17)18/h9,21H,2-8H2,1H3,(H,14,19)(H,17,18). The highest BCUT2D eigenvalue weighted by Crippen LogP contribution is 2.23. The Bertz CT molecular complexity index is 441. The van der Waals surface area contributed by atoms with Crippen molar-refractivity contribution in [2.75, 3.05) is 26.2 Å². The number of rotatable bonds is 2. The van der Waals surface area contributed by atoms with Crippen LogP contribution in [-0.4, -0.2) is 75.7 Å². The van der Waals surface area contributed by atoms with Crippen molar-refractivity contribution in [3.8, 4) is 0 Å². The molecule has 2 rings (SSSR count). The van der Waals surface area contributed by atoms with E-state index in [1.807, 2.05) is 0 Å². The molecule has 3 amide bonds. The molecular weight excluding hydrogens is 278 g/mol. The molecule has 0 spiro atoms. The second-order valence-corrected chi connectivity index (χ2v) is 5.86. The van der Waals surface area contributed by atoms with Crippen molar-refractivity contribution in [1.82, 2.24) is 15.1 Å². The fraction of sp³-hybridized carbons (Fsp3) is 0.769. The van der Waals surface area contributed by atoms with Crippen LogP contribution >= 0.6 is 0 Å². The van der Waals surface area contributed by atoms with Crippen LogP contribution in [0.25, 0.3) is 0 Å². The van der Waals surface area contributed by atoms with E-state index in [1.165, 1.54) is 4.90 Å². The number of likely N-dealkylation sites (tertiary alicyclic amines) is 1. The average molecular weight is 299 g/mol. The highest BCUT2D eigenvalue weighted by atomic mass is 16.4. The number of piperidine rings is 1. The van der Waals surface area contributed by atoms with Gasteiger partial charge in [-0.25, -0.2) is 4.79 Å². The van der Waals surface area contributed by atoms with Crippen molar-refractivity contribution < 1.29 is 24.6 Å². The molecule has 21 heavy (non-hydrogen) atoms. The zero-order valence-electron chi connectivity index (χ0n) is 12.0. The Morgan fingerprint density at radius 1 is 1.33 bits per heavy atom. The van der Waals surface area contributed by atoms with Gasteiger partial charge >= 0.3 is 12.0 Å². The normalized spacial score (nSPS) is 25.4. The molecule has 8 nitrogen and oxygen atoms in total. The lowest BCUT2D eigenvalue weighted by Gasteiger charge is -2.41. The number of hydrogen-bond donors (Lipinski definition) is 3. The van der Waals surface area contributed by atoms with Gasteiger partial charge in [-0.3, -0.25) is 9.59 Å². The lowest BCUT2D eigenvalue weighted by atomic mass is 9.94. The van der Waals surface area contributed by atoms with E-state index < -0.39 is 29.9 Å². The molecule has 0 radical (unpaired) electrons. The van der Waals surface area contributed by atoms with Gasteiger partial charge in [-0.05, 0) is 19.8 Å². The molecule has 0 bridgehead atoms. The van der Waals surface area contributed by atoms with E-state index in [4.69, 9.17) is 5.11 Å². The largest absolute Gasteiger partial charge is 0.481 e. The van der Waals surface area contributed by atoms with E-state index in [2.05, 4.69) is 5.32 Å². The molecule has 2 aliphatic rings. The first-order valence-corrected chi connectivity index (χ1v) is 7.07. The number of nitrogens with zero attached hydrogens (tertiary/aromatic N) is 2. The van der Waals surface area contributed by atoms with E-state index in [0.29, 0.717) is 39.0 Å². The number of piperazine rings is 1.